The molecule has 4 rings (SSSR count). The lowest BCUT2D eigenvalue weighted by Crippen LogP contribution is -2.18. The average Bonchev–Trinajstić information content (AvgIpc) is 3.24. The largest absolute Gasteiger partial charge is 0.373 e. The fraction of sp³-hybridized carbons (Fsp3) is 0.263. The van der Waals surface area contributed by atoms with Gasteiger partial charge in [-0.25, -0.2) is 4.98 Å². The summed E-state index contributed by atoms with van der Waals surface area (Å²) >= 11 is 0. The lowest BCUT2D eigenvalue weighted by Gasteiger charge is -2.19. The second-order valence-electron chi connectivity index (χ2n) is 5.98. The van der Waals surface area contributed by atoms with Crippen LogP contribution in [0.5, 0.6) is 0 Å². The fourth-order valence-electron chi connectivity index (χ4n) is 3.31. The van der Waals surface area contributed by atoms with E-state index in [1.165, 1.54) is 5.56 Å². The van der Waals surface area contributed by atoms with Crippen molar-refractivity contribution in [3.05, 3.63) is 66.0 Å². The van der Waals surface area contributed by atoms with Crippen LogP contribution in [0.2, 0.25) is 0 Å². The first-order valence-corrected chi connectivity index (χ1v) is 8.14. The second-order valence-corrected chi connectivity index (χ2v) is 5.98. The number of fused-ring (bicyclic) bond motifs is 1. The molecular weight excluding hydrogens is 300 g/mol. The number of hydrogen-bond acceptors (Lipinski definition) is 4. The Morgan fingerprint density at radius 2 is 2.04 bits per heavy atom. The lowest BCUT2D eigenvalue weighted by molar-refractivity contribution is 0.0933. The number of aromatic nitrogens is 2. The summed E-state index contributed by atoms with van der Waals surface area (Å²) in [5.74, 6) is 1.01. The van der Waals surface area contributed by atoms with E-state index in [1.54, 1.807) is 0 Å². The molecule has 0 spiro atoms. The van der Waals surface area contributed by atoms with E-state index in [4.69, 9.17) is 4.74 Å². The second kappa shape index (κ2) is 6.34. The number of nitrogens with one attached hydrogen (secondary N) is 1. The Balaban J connectivity index is 1.54. The van der Waals surface area contributed by atoms with Gasteiger partial charge in [-0.1, -0.05) is 36.4 Å². The van der Waals surface area contributed by atoms with Crippen molar-refractivity contribution >= 4 is 11.5 Å². The van der Waals surface area contributed by atoms with Crippen molar-refractivity contribution in [2.45, 2.75) is 12.5 Å². The van der Waals surface area contributed by atoms with Crippen molar-refractivity contribution < 1.29 is 4.74 Å². The molecule has 0 radical (unpaired) electrons. The van der Waals surface area contributed by atoms with E-state index in [9.17, 15) is 5.26 Å². The summed E-state index contributed by atoms with van der Waals surface area (Å²) in [5, 5.41) is 12.8. The molecule has 1 saturated heterocycles. The SMILES string of the molecule is N#Cc1c(NC[C@@H]2CCO[C@H]2c2ccccc2)nc2ccccn12. The Morgan fingerprint density at radius 3 is 2.88 bits per heavy atom. The van der Waals surface area contributed by atoms with Gasteiger partial charge in [-0.05, 0) is 24.1 Å². The summed E-state index contributed by atoms with van der Waals surface area (Å²) in [4.78, 5) is 4.53. The van der Waals surface area contributed by atoms with E-state index in [0.717, 1.165) is 25.2 Å². The Morgan fingerprint density at radius 1 is 1.21 bits per heavy atom. The van der Waals surface area contributed by atoms with E-state index in [0.29, 0.717) is 17.4 Å². The molecule has 3 aromatic rings. The normalized spacial score (nSPS) is 20.1. The van der Waals surface area contributed by atoms with Gasteiger partial charge >= 0.3 is 0 Å². The van der Waals surface area contributed by atoms with Gasteiger partial charge in [0.2, 0.25) is 0 Å². The summed E-state index contributed by atoms with van der Waals surface area (Å²) in [6.45, 7) is 1.50. The van der Waals surface area contributed by atoms with Crippen LogP contribution in [0.15, 0.2) is 54.7 Å². The molecule has 2 aromatic heterocycles. The summed E-state index contributed by atoms with van der Waals surface area (Å²) in [6, 6.07) is 18.3. The van der Waals surface area contributed by atoms with E-state index in [-0.39, 0.29) is 6.10 Å². The Hall–Kier alpha value is -2.84. The number of imidazole rings is 1. The molecule has 0 amide bonds. The van der Waals surface area contributed by atoms with Gasteiger partial charge < -0.3 is 10.1 Å². The molecule has 1 aliphatic heterocycles. The third-order valence-electron chi connectivity index (χ3n) is 4.51. The zero-order valence-corrected chi connectivity index (χ0v) is 13.2. The van der Waals surface area contributed by atoms with Crippen LogP contribution in [0.25, 0.3) is 5.65 Å². The van der Waals surface area contributed by atoms with Crippen molar-refractivity contribution in [3.8, 4) is 6.07 Å². The molecule has 120 valence electrons. The van der Waals surface area contributed by atoms with E-state index in [1.807, 2.05) is 47.0 Å². The third kappa shape index (κ3) is 2.61. The highest BCUT2D eigenvalue weighted by atomic mass is 16.5. The molecule has 24 heavy (non-hydrogen) atoms. The third-order valence-corrected chi connectivity index (χ3v) is 4.51. The van der Waals surface area contributed by atoms with Gasteiger partial charge in [0, 0.05) is 25.3 Å². The van der Waals surface area contributed by atoms with Crippen LogP contribution in [0.1, 0.15) is 23.8 Å². The number of pyridine rings is 1. The molecule has 1 fully saturated rings. The number of hydrogen-bond donors (Lipinski definition) is 1. The van der Waals surface area contributed by atoms with Gasteiger partial charge in [-0.3, -0.25) is 4.40 Å². The van der Waals surface area contributed by atoms with Crippen molar-refractivity contribution in [1.29, 1.82) is 5.26 Å². The first-order chi connectivity index (χ1) is 11.9. The molecule has 0 aliphatic carbocycles. The zero-order chi connectivity index (χ0) is 16.4. The fourth-order valence-corrected chi connectivity index (χ4v) is 3.31. The van der Waals surface area contributed by atoms with Crippen molar-refractivity contribution in [2.75, 3.05) is 18.5 Å². The monoisotopic (exact) mass is 318 g/mol. The number of nitrogens with zero attached hydrogens (tertiary/aromatic N) is 3. The lowest BCUT2D eigenvalue weighted by atomic mass is 9.95. The highest BCUT2D eigenvalue weighted by Crippen LogP contribution is 2.34. The van der Waals surface area contributed by atoms with Gasteiger partial charge in [-0.15, -0.1) is 0 Å². The maximum atomic E-state index is 9.45. The van der Waals surface area contributed by atoms with Gasteiger partial charge in [0.25, 0.3) is 0 Å². The van der Waals surface area contributed by atoms with Crippen LogP contribution in [-0.4, -0.2) is 22.5 Å². The predicted molar refractivity (Wildman–Crippen MR) is 91.6 cm³/mol. The molecule has 0 unspecified atom stereocenters. The molecule has 0 bridgehead atoms. The summed E-state index contributed by atoms with van der Waals surface area (Å²) in [6.07, 6.45) is 2.96. The topological polar surface area (TPSA) is 62.3 Å². The quantitative estimate of drug-likeness (QED) is 0.801. The Labute approximate surface area is 140 Å². The van der Waals surface area contributed by atoms with E-state index in [2.05, 4.69) is 28.5 Å². The molecule has 1 N–H and O–H groups in total. The average molecular weight is 318 g/mol. The van der Waals surface area contributed by atoms with Crippen LogP contribution >= 0.6 is 0 Å². The summed E-state index contributed by atoms with van der Waals surface area (Å²) < 4.78 is 7.73. The number of ether oxygens (including phenoxy) is 1. The highest BCUT2D eigenvalue weighted by molar-refractivity contribution is 5.58. The number of anilines is 1. The van der Waals surface area contributed by atoms with Crippen LogP contribution in [-0.2, 0) is 4.74 Å². The molecular formula is C19H18N4O. The summed E-state index contributed by atoms with van der Waals surface area (Å²) in [5.41, 5.74) is 2.52. The first kappa shape index (κ1) is 14.7. The zero-order valence-electron chi connectivity index (χ0n) is 13.2. The standard InChI is InChI=1S/C19H18N4O/c20-12-16-19(22-17-8-4-5-10-23(16)17)21-13-15-9-11-24-18(15)14-6-2-1-3-7-14/h1-8,10,15,18,21H,9,11,13H2/t15-,18-/m0/s1. The van der Waals surface area contributed by atoms with Crippen LogP contribution < -0.4 is 5.32 Å². The molecule has 2 atom stereocenters. The minimum absolute atomic E-state index is 0.0984. The molecule has 3 heterocycles. The van der Waals surface area contributed by atoms with Crippen LogP contribution in [0, 0.1) is 17.2 Å². The van der Waals surface area contributed by atoms with Gasteiger partial charge in [0.15, 0.2) is 11.5 Å². The predicted octanol–water partition coefficient (Wildman–Crippen LogP) is 3.40. The molecule has 5 nitrogen and oxygen atoms in total. The van der Waals surface area contributed by atoms with Gasteiger partial charge in [-0.2, -0.15) is 5.26 Å². The molecule has 5 heteroatoms. The van der Waals surface area contributed by atoms with Crippen molar-refractivity contribution in [1.82, 2.24) is 9.38 Å². The summed E-state index contributed by atoms with van der Waals surface area (Å²) in [7, 11) is 0. The smallest absolute Gasteiger partial charge is 0.168 e. The Bertz CT molecular complexity index is 881. The van der Waals surface area contributed by atoms with Crippen molar-refractivity contribution in [2.24, 2.45) is 5.92 Å². The first-order valence-electron chi connectivity index (χ1n) is 8.14. The highest BCUT2D eigenvalue weighted by Gasteiger charge is 2.29. The molecule has 1 aliphatic rings. The minimum Gasteiger partial charge on any atom is -0.373 e. The number of rotatable bonds is 4. The van der Waals surface area contributed by atoms with Crippen LogP contribution in [0.4, 0.5) is 5.82 Å². The number of nitriles is 1. The van der Waals surface area contributed by atoms with Gasteiger partial charge in [0.05, 0.1) is 6.10 Å². The maximum absolute atomic E-state index is 9.45. The van der Waals surface area contributed by atoms with Gasteiger partial charge in [0.1, 0.15) is 11.7 Å². The molecule has 0 saturated carbocycles. The van der Waals surface area contributed by atoms with E-state index < -0.39 is 0 Å². The Kier molecular flexibility index (Phi) is 3.89. The molecule has 1 aromatic carbocycles. The van der Waals surface area contributed by atoms with Crippen molar-refractivity contribution in [3.63, 3.8) is 0 Å². The number of benzene rings is 1. The maximum Gasteiger partial charge on any atom is 0.168 e. The van der Waals surface area contributed by atoms with Crippen LogP contribution in [0.3, 0.4) is 0 Å². The van der Waals surface area contributed by atoms with E-state index >= 15 is 0 Å². The minimum atomic E-state index is 0.0984.